The van der Waals surface area contributed by atoms with Gasteiger partial charge in [0, 0.05) is 17.6 Å². The largest absolute Gasteiger partial charge is 0.508 e. The molecule has 0 aromatic heterocycles. The minimum atomic E-state index is -1.07. The highest BCUT2D eigenvalue weighted by Gasteiger charge is 2.39. The van der Waals surface area contributed by atoms with Crippen LogP contribution in [0, 0.1) is 5.92 Å². The van der Waals surface area contributed by atoms with E-state index in [1.165, 1.54) is 11.0 Å². The van der Waals surface area contributed by atoms with Crippen LogP contribution >= 0.6 is 11.8 Å². The maximum absolute atomic E-state index is 14.2. The van der Waals surface area contributed by atoms with E-state index in [2.05, 4.69) is 24.5 Å². The van der Waals surface area contributed by atoms with Gasteiger partial charge in [-0.1, -0.05) is 32.0 Å². The number of nitrogens with zero attached hydrogens (tertiary/aromatic N) is 1. The van der Waals surface area contributed by atoms with Gasteiger partial charge in [0.15, 0.2) is 0 Å². The number of amides is 3. The lowest BCUT2D eigenvalue weighted by Gasteiger charge is -2.39. The second-order valence-electron chi connectivity index (χ2n) is 11.2. The fourth-order valence-electron chi connectivity index (χ4n) is 3.94. The van der Waals surface area contributed by atoms with Gasteiger partial charge in [-0.2, -0.15) is 11.8 Å². The van der Waals surface area contributed by atoms with E-state index >= 15 is 0 Å². The predicted molar refractivity (Wildman–Crippen MR) is 151 cm³/mol. The fraction of sp³-hybridized carbons (Fsp3) is 0.679. The Morgan fingerprint density at radius 1 is 1.00 bits per heavy atom. The molecule has 1 aromatic rings. The minimum Gasteiger partial charge on any atom is -0.508 e. The van der Waals surface area contributed by atoms with Crippen molar-refractivity contribution < 1.29 is 24.2 Å². The molecule has 0 aliphatic rings. The van der Waals surface area contributed by atoms with Crippen LogP contribution in [0.1, 0.15) is 86.3 Å². The Morgan fingerprint density at radius 2 is 1.62 bits per heavy atom. The van der Waals surface area contributed by atoms with Gasteiger partial charge in [0.2, 0.25) is 11.8 Å². The molecule has 3 N–H and O–H groups in total. The summed E-state index contributed by atoms with van der Waals surface area (Å²) >= 11 is 1.56. The second kappa shape index (κ2) is 15.1. The molecule has 9 heteroatoms. The van der Waals surface area contributed by atoms with Crippen molar-refractivity contribution in [3.63, 3.8) is 0 Å². The van der Waals surface area contributed by atoms with Crippen LogP contribution in [0.5, 0.6) is 5.75 Å². The van der Waals surface area contributed by atoms with Crippen molar-refractivity contribution in [1.29, 1.82) is 0 Å². The topological polar surface area (TPSA) is 108 Å². The maximum atomic E-state index is 14.2. The van der Waals surface area contributed by atoms with Crippen LogP contribution in [-0.2, 0) is 14.3 Å². The molecular formula is C28H47N3O5S. The van der Waals surface area contributed by atoms with Crippen molar-refractivity contribution in [2.75, 3.05) is 12.0 Å². The molecule has 0 radical (unpaired) electrons. The maximum Gasteiger partial charge on any atom is 0.408 e. The summed E-state index contributed by atoms with van der Waals surface area (Å²) in [5.41, 5.74) is -0.386. The molecule has 1 aromatic carbocycles. The Morgan fingerprint density at radius 3 is 2.14 bits per heavy atom. The number of phenols is 1. The summed E-state index contributed by atoms with van der Waals surface area (Å²) in [5, 5.41) is 16.4. The molecule has 0 aliphatic carbocycles. The lowest BCUT2D eigenvalue weighted by atomic mass is 9.96. The zero-order valence-electron chi connectivity index (χ0n) is 24.0. The number of benzene rings is 1. The number of aromatic hydroxyl groups is 1. The highest BCUT2D eigenvalue weighted by molar-refractivity contribution is 7.98. The average molecular weight is 538 g/mol. The van der Waals surface area contributed by atoms with Crippen molar-refractivity contribution in [3.8, 4) is 5.75 Å². The lowest BCUT2D eigenvalue weighted by molar-refractivity contribution is -0.145. The van der Waals surface area contributed by atoms with E-state index in [0.717, 1.165) is 6.42 Å². The molecule has 37 heavy (non-hydrogen) atoms. The highest BCUT2D eigenvalue weighted by Crippen LogP contribution is 2.33. The lowest BCUT2D eigenvalue weighted by Crippen LogP contribution is -2.56. The van der Waals surface area contributed by atoms with Crippen molar-refractivity contribution in [2.24, 2.45) is 5.92 Å². The zero-order chi connectivity index (χ0) is 28.3. The minimum absolute atomic E-state index is 0.0685. The smallest absolute Gasteiger partial charge is 0.408 e. The Balaban J connectivity index is 3.60. The fourth-order valence-corrected chi connectivity index (χ4v) is 4.41. The molecule has 0 aliphatic heterocycles. The Kier molecular flexibility index (Phi) is 13.3. The highest BCUT2D eigenvalue weighted by atomic mass is 32.2. The molecule has 3 unspecified atom stereocenters. The number of para-hydroxylation sites is 1. The number of carbonyl (C=O) groups excluding carboxylic acids is 3. The molecule has 3 atom stereocenters. The molecule has 1 rings (SSSR count). The van der Waals surface area contributed by atoms with E-state index in [-0.39, 0.29) is 29.6 Å². The summed E-state index contributed by atoms with van der Waals surface area (Å²) in [6.45, 7) is 15.1. The Bertz CT molecular complexity index is 885. The van der Waals surface area contributed by atoms with E-state index in [0.29, 0.717) is 30.1 Å². The van der Waals surface area contributed by atoms with Gasteiger partial charge < -0.3 is 25.4 Å². The van der Waals surface area contributed by atoms with Gasteiger partial charge in [0.1, 0.15) is 23.4 Å². The van der Waals surface area contributed by atoms with E-state index in [1.54, 1.807) is 50.7 Å². The monoisotopic (exact) mass is 537 g/mol. The number of carbonyl (C=O) groups is 3. The van der Waals surface area contributed by atoms with Gasteiger partial charge in [0.25, 0.3) is 0 Å². The molecular weight excluding hydrogens is 490 g/mol. The number of hydrogen-bond donors (Lipinski definition) is 3. The van der Waals surface area contributed by atoms with E-state index in [4.69, 9.17) is 4.74 Å². The number of nitrogens with one attached hydrogen (secondary N) is 2. The third kappa shape index (κ3) is 11.2. The molecule has 210 valence electrons. The van der Waals surface area contributed by atoms with Gasteiger partial charge in [-0.05, 0) is 84.8 Å². The van der Waals surface area contributed by atoms with Gasteiger partial charge in [0.05, 0.1) is 0 Å². The standard InChI is InChI=1S/C28H47N3O5S/c1-18(2)14-15-20(5)31(24(25(33)29-19(3)4)21-12-10-11-13-23(21)32)26(34)22(16-17-37-9)30-27(35)36-28(6,7)8/h10-13,18-20,22,24,32H,14-17H2,1-9H3,(H,29,33)(H,30,35). The third-order valence-corrected chi connectivity index (χ3v) is 6.32. The molecule has 3 amide bonds. The van der Waals surface area contributed by atoms with Crippen LogP contribution in [-0.4, -0.2) is 63.6 Å². The average Bonchev–Trinajstić information content (AvgIpc) is 2.77. The zero-order valence-corrected chi connectivity index (χ0v) is 24.8. The van der Waals surface area contributed by atoms with Crippen LogP contribution in [0.15, 0.2) is 24.3 Å². The summed E-state index contributed by atoms with van der Waals surface area (Å²) in [4.78, 5) is 42.1. The van der Waals surface area contributed by atoms with Crippen molar-refractivity contribution in [1.82, 2.24) is 15.5 Å². The van der Waals surface area contributed by atoms with Crippen molar-refractivity contribution in [2.45, 2.75) is 104 Å². The predicted octanol–water partition coefficient (Wildman–Crippen LogP) is 5.26. The van der Waals surface area contributed by atoms with Gasteiger partial charge in [-0.15, -0.1) is 0 Å². The first kappa shape index (κ1) is 32.6. The number of ether oxygens (including phenoxy) is 1. The van der Waals surface area contributed by atoms with Crippen LogP contribution in [0.25, 0.3) is 0 Å². The summed E-state index contributed by atoms with van der Waals surface area (Å²) < 4.78 is 5.43. The Hall–Kier alpha value is -2.42. The molecule has 0 heterocycles. The first-order valence-electron chi connectivity index (χ1n) is 13.1. The second-order valence-corrected chi connectivity index (χ2v) is 12.2. The summed E-state index contributed by atoms with van der Waals surface area (Å²) in [6, 6.07) is 4.10. The first-order valence-corrected chi connectivity index (χ1v) is 14.5. The van der Waals surface area contributed by atoms with Crippen LogP contribution < -0.4 is 10.6 Å². The van der Waals surface area contributed by atoms with Crippen LogP contribution in [0.4, 0.5) is 4.79 Å². The van der Waals surface area contributed by atoms with Crippen LogP contribution in [0.3, 0.4) is 0 Å². The molecule has 0 bridgehead atoms. The van der Waals surface area contributed by atoms with Gasteiger partial charge >= 0.3 is 6.09 Å². The third-order valence-electron chi connectivity index (χ3n) is 5.68. The SMILES string of the molecule is CSCCC(NC(=O)OC(C)(C)C)C(=O)N(C(C)CCC(C)C)C(C(=O)NC(C)C)c1ccccc1O. The summed E-state index contributed by atoms with van der Waals surface area (Å²) in [7, 11) is 0. The number of rotatable bonds is 13. The summed E-state index contributed by atoms with van der Waals surface area (Å²) in [5.74, 6) is 0.186. The number of phenolic OH excluding ortho intramolecular Hbond substituents is 1. The molecule has 0 saturated heterocycles. The van der Waals surface area contributed by atoms with E-state index in [9.17, 15) is 19.5 Å². The number of thioether (sulfide) groups is 1. The number of hydrogen-bond acceptors (Lipinski definition) is 6. The quantitative estimate of drug-likeness (QED) is 0.317. The molecule has 8 nitrogen and oxygen atoms in total. The normalized spacial score (nSPS) is 14.1. The van der Waals surface area contributed by atoms with Crippen molar-refractivity contribution >= 4 is 29.7 Å². The summed E-state index contributed by atoms with van der Waals surface area (Å²) in [6.07, 6.45) is 3.11. The molecule has 0 saturated carbocycles. The first-order chi connectivity index (χ1) is 17.2. The number of alkyl carbamates (subject to hydrolysis) is 1. The Labute approximate surface area is 227 Å². The molecule has 0 fully saturated rings. The van der Waals surface area contributed by atoms with E-state index in [1.807, 2.05) is 27.0 Å². The van der Waals surface area contributed by atoms with E-state index < -0.39 is 23.8 Å². The van der Waals surface area contributed by atoms with Crippen LogP contribution in [0.2, 0.25) is 0 Å². The van der Waals surface area contributed by atoms with Crippen molar-refractivity contribution in [3.05, 3.63) is 29.8 Å². The molecule has 0 spiro atoms. The van der Waals surface area contributed by atoms with Gasteiger partial charge in [-0.25, -0.2) is 4.79 Å². The van der Waals surface area contributed by atoms with Gasteiger partial charge in [-0.3, -0.25) is 9.59 Å².